The van der Waals surface area contributed by atoms with E-state index in [1.807, 2.05) is 17.5 Å². The van der Waals surface area contributed by atoms with Crippen molar-refractivity contribution < 1.29 is 26.9 Å². The van der Waals surface area contributed by atoms with Gasteiger partial charge in [0, 0.05) is 25.1 Å². The summed E-state index contributed by atoms with van der Waals surface area (Å²) in [6.07, 6.45) is -3.79. The van der Waals surface area contributed by atoms with Crippen LogP contribution in [0.1, 0.15) is 41.0 Å². The summed E-state index contributed by atoms with van der Waals surface area (Å²) in [4.78, 5) is 15.0. The zero-order valence-electron chi connectivity index (χ0n) is 13.8. The molecule has 0 aliphatic carbocycles. The molecule has 11 heteroatoms. The maximum Gasteiger partial charge on any atom is 0.470 e. The second kappa shape index (κ2) is 6.80. The number of rotatable bonds is 3. The Kier molecular flexibility index (Phi) is 4.46. The van der Waals surface area contributed by atoms with Crippen LogP contribution in [0.3, 0.4) is 0 Å². The summed E-state index contributed by atoms with van der Waals surface area (Å²) >= 11 is 1.48. The molecule has 1 aliphatic rings. The van der Waals surface area contributed by atoms with Gasteiger partial charge in [-0.05, 0) is 24.3 Å². The third-order valence-electron chi connectivity index (χ3n) is 4.31. The third kappa shape index (κ3) is 3.59. The van der Waals surface area contributed by atoms with Crippen LogP contribution in [0, 0.1) is 0 Å². The maximum absolute atomic E-state index is 12.6. The highest BCUT2D eigenvalue weighted by molar-refractivity contribution is 7.13. The van der Waals surface area contributed by atoms with Gasteiger partial charge in [-0.15, -0.1) is 21.5 Å². The number of piperidine rings is 1. The van der Waals surface area contributed by atoms with Gasteiger partial charge in [-0.25, -0.2) is 0 Å². The van der Waals surface area contributed by atoms with Gasteiger partial charge < -0.3 is 13.8 Å². The summed E-state index contributed by atoms with van der Waals surface area (Å²) < 4.78 is 47.6. The lowest BCUT2D eigenvalue weighted by atomic mass is 9.96. The number of halogens is 3. The molecule has 0 radical (unpaired) electrons. The maximum atomic E-state index is 12.6. The van der Waals surface area contributed by atoms with Crippen LogP contribution in [-0.2, 0) is 6.18 Å². The molecule has 1 amide bonds. The highest BCUT2D eigenvalue weighted by atomic mass is 32.1. The van der Waals surface area contributed by atoms with Gasteiger partial charge in [0.05, 0.1) is 4.88 Å². The van der Waals surface area contributed by atoms with Gasteiger partial charge in [-0.2, -0.15) is 13.2 Å². The van der Waals surface area contributed by atoms with Crippen molar-refractivity contribution in [1.82, 2.24) is 20.3 Å². The van der Waals surface area contributed by atoms with Crippen LogP contribution in [0.5, 0.6) is 0 Å². The molecule has 0 saturated carbocycles. The molecule has 1 fully saturated rings. The smallest absolute Gasteiger partial charge is 0.417 e. The molecule has 1 aliphatic heterocycles. The molecule has 4 rings (SSSR count). The largest absolute Gasteiger partial charge is 0.470 e. The minimum Gasteiger partial charge on any atom is -0.417 e. The molecular weight excluding hydrogens is 385 g/mol. The zero-order valence-corrected chi connectivity index (χ0v) is 14.6. The van der Waals surface area contributed by atoms with Crippen LogP contribution >= 0.6 is 11.3 Å². The van der Waals surface area contributed by atoms with Crippen molar-refractivity contribution in [2.24, 2.45) is 0 Å². The van der Waals surface area contributed by atoms with Crippen molar-refractivity contribution in [3.63, 3.8) is 0 Å². The van der Waals surface area contributed by atoms with Gasteiger partial charge in [0.25, 0.3) is 5.91 Å². The highest BCUT2D eigenvalue weighted by Gasteiger charge is 2.39. The molecule has 7 nitrogen and oxygen atoms in total. The molecule has 3 aromatic heterocycles. The lowest BCUT2D eigenvalue weighted by Gasteiger charge is -2.29. The first kappa shape index (κ1) is 17.7. The number of aromatic nitrogens is 3. The Labute approximate surface area is 154 Å². The van der Waals surface area contributed by atoms with E-state index in [0.717, 1.165) is 4.88 Å². The summed E-state index contributed by atoms with van der Waals surface area (Å²) in [6.45, 7) is 0.711. The molecule has 1 saturated heterocycles. The number of alkyl halides is 3. The predicted molar refractivity (Wildman–Crippen MR) is 87.0 cm³/mol. The number of likely N-dealkylation sites (tertiary alicyclic amines) is 1. The SMILES string of the molecule is O=C(c1cc(-c2cccs2)on1)N1CCC(c2nnc(C(F)(F)F)o2)CC1. The quantitative estimate of drug-likeness (QED) is 0.667. The lowest BCUT2D eigenvalue weighted by Crippen LogP contribution is -2.38. The second-order valence-electron chi connectivity index (χ2n) is 6.06. The Morgan fingerprint density at radius 1 is 1.26 bits per heavy atom. The number of nitrogens with zero attached hydrogens (tertiary/aromatic N) is 4. The summed E-state index contributed by atoms with van der Waals surface area (Å²) in [5.74, 6) is -1.46. The van der Waals surface area contributed by atoms with E-state index in [-0.39, 0.29) is 23.4 Å². The Hall–Kier alpha value is -2.69. The number of amides is 1. The molecular formula is C16H13F3N4O3S. The molecule has 142 valence electrons. The van der Waals surface area contributed by atoms with E-state index in [0.29, 0.717) is 31.7 Å². The van der Waals surface area contributed by atoms with Crippen LogP contribution in [0.4, 0.5) is 13.2 Å². The number of carbonyl (C=O) groups excluding carboxylic acids is 1. The Morgan fingerprint density at radius 3 is 2.67 bits per heavy atom. The Morgan fingerprint density at radius 2 is 2.04 bits per heavy atom. The van der Waals surface area contributed by atoms with E-state index >= 15 is 0 Å². The van der Waals surface area contributed by atoms with Gasteiger partial charge in [-0.1, -0.05) is 11.2 Å². The second-order valence-corrected chi connectivity index (χ2v) is 7.01. The van der Waals surface area contributed by atoms with Crippen LogP contribution in [-0.4, -0.2) is 39.3 Å². The van der Waals surface area contributed by atoms with Crippen molar-refractivity contribution in [2.75, 3.05) is 13.1 Å². The fourth-order valence-corrected chi connectivity index (χ4v) is 3.59. The summed E-state index contributed by atoms with van der Waals surface area (Å²) in [5.41, 5.74) is 0.203. The Bertz CT molecular complexity index is 927. The highest BCUT2D eigenvalue weighted by Crippen LogP contribution is 2.33. The van der Waals surface area contributed by atoms with Crippen LogP contribution in [0.25, 0.3) is 10.6 Å². The molecule has 0 atom stereocenters. The zero-order chi connectivity index (χ0) is 19.0. The summed E-state index contributed by atoms with van der Waals surface area (Å²) in [6, 6.07) is 5.33. The average Bonchev–Trinajstić information content (AvgIpc) is 3.41. The first-order valence-electron chi connectivity index (χ1n) is 8.12. The van der Waals surface area contributed by atoms with E-state index in [1.54, 1.807) is 11.0 Å². The van der Waals surface area contributed by atoms with Gasteiger partial charge in [0.2, 0.25) is 5.89 Å². The topological polar surface area (TPSA) is 85.3 Å². The number of carbonyl (C=O) groups is 1. The molecule has 3 aromatic rings. The first-order chi connectivity index (χ1) is 12.9. The van der Waals surface area contributed by atoms with Crippen molar-refractivity contribution in [1.29, 1.82) is 0 Å². The standard InChI is InChI=1S/C16H13F3N4O3S/c17-16(18,19)15-21-20-13(25-15)9-3-5-23(6-4-9)14(24)10-8-11(26-22-10)12-2-1-7-27-12/h1-2,7-9H,3-6H2. The first-order valence-corrected chi connectivity index (χ1v) is 9.00. The molecule has 0 N–H and O–H groups in total. The molecule has 0 bridgehead atoms. The fourth-order valence-electron chi connectivity index (χ4n) is 2.92. The van der Waals surface area contributed by atoms with Crippen molar-refractivity contribution in [2.45, 2.75) is 24.9 Å². The van der Waals surface area contributed by atoms with E-state index in [1.165, 1.54) is 11.3 Å². The number of hydrogen-bond donors (Lipinski definition) is 0. The average molecular weight is 398 g/mol. The lowest BCUT2D eigenvalue weighted by molar-refractivity contribution is -0.157. The monoisotopic (exact) mass is 398 g/mol. The van der Waals surface area contributed by atoms with Crippen LogP contribution < -0.4 is 0 Å². The van der Waals surface area contributed by atoms with E-state index in [4.69, 9.17) is 8.94 Å². The molecule has 27 heavy (non-hydrogen) atoms. The van der Waals surface area contributed by atoms with Crippen LogP contribution in [0.15, 0.2) is 32.5 Å². The van der Waals surface area contributed by atoms with Crippen molar-refractivity contribution in [3.05, 3.63) is 41.1 Å². The van der Waals surface area contributed by atoms with Crippen LogP contribution in [0.2, 0.25) is 0 Å². The molecule has 0 spiro atoms. The Balaban J connectivity index is 1.39. The number of hydrogen-bond acceptors (Lipinski definition) is 7. The molecule has 4 heterocycles. The van der Waals surface area contributed by atoms with E-state index in [2.05, 4.69) is 15.4 Å². The summed E-state index contributed by atoms with van der Waals surface area (Å²) in [5, 5.41) is 12.3. The van der Waals surface area contributed by atoms with E-state index in [9.17, 15) is 18.0 Å². The number of thiophene rings is 1. The predicted octanol–water partition coefficient (Wildman–Crippen LogP) is 3.82. The van der Waals surface area contributed by atoms with Gasteiger partial charge >= 0.3 is 12.1 Å². The third-order valence-corrected chi connectivity index (χ3v) is 5.19. The molecule has 0 unspecified atom stereocenters. The minimum absolute atomic E-state index is 0.0455. The van der Waals surface area contributed by atoms with Crippen molar-refractivity contribution in [3.8, 4) is 10.6 Å². The van der Waals surface area contributed by atoms with Gasteiger partial charge in [-0.3, -0.25) is 4.79 Å². The van der Waals surface area contributed by atoms with Gasteiger partial charge in [0.1, 0.15) is 0 Å². The van der Waals surface area contributed by atoms with E-state index < -0.39 is 12.1 Å². The van der Waals surface area contributed by atoms with Crippen molar-refractivity contribution >= 4 is 17.2 Å². The minimum atomic E-state index is -4.66. The molecule has 0 aromatic carbocycles. The van der Waals surface area contributed by atoms with Gasteiger partial charge in [0.15, 0.2) is 11.5 Å². The summed E-state index contributed by atoms with van der Waals surface area (Å²) in [7, 11) is 0. The fraction of sp³-hybridized carbons (Fsp3) is 0.375. The normalized spacial score (nSPS) is 16.0.